The van der Waals surface area contributed by atoms with E-state index >= 15 is 0 Å². The zero-order valence-electron chi connectivity index (χ0n) is 6.91. The molecule has 0 fully saturated rings. The molecular formula is C8H13N3. The van der Waals surface area contributed by atoms with E-state index in [9.17, 15) is 0 Å². The molecule has 0 atom stereocenters. The molecular weight excluding hydrogens is 138 g/mol. The SMILES string of the molecule is CN(C)C1=CCC=C(N)C=N1. The van der Waals surface area contributed by atoms with Crippen LogP contribution < -0.4 is 5.73 Å². The van der Waals surface area contributed by atoms with Gasteiger partial charge in [0.15, 0.2) is 0 Å². The number of rotatable bonds is 1. The van der Waals surface area contributed by atoms with Gasteiger partial charge >= 0.3 is 0 Å². The summed E-state index contributed by atoms with van der Waals surface area (Å²) in [5.74, 6) is 0.960. The molecule has 0 aliphatic carbocycles. The zero-order chi connectivity index (χ0) is 8.27. The van der Waals surface area contributed by atoms with Crippen LogP contribution in [-0.4, -0.2) is 25.2 Å². The second-order valence-electron chi connectivity index (χ2n) is 2.65. The van der Waals surface area contributed by atoms with Crippen molar-refractivity contribution in [3.8, 4) is 0 Å². The van der Waals surface area contributed by atoms with Gasteiger partial charge in [0.1, 0.15) is 5.82 Å². The Bertz CT molecular complexity index is 223. The predicted molar refractivity (Wildman–Crippen MR) is 47.1 cm³/mol. The highest BCUT2D eigenvalue weighted by molar-refractivity contribution is 5.78. The molecule has 0 amide bonds. The van der Waals surface area contributed by atoms with Crippen molar-refractivity contribution in [2.75, 3.05) is 14.1 Å². The van der Waals surface area contributed by atoms with Gasteiger partial charge in [0.2, 0.25) is 0 Å². The van der Waals surface area contributed by atoms with Crippen molar-refractivity contribution in [1.82, 2.24) is 4.90 Å². The van der Waals surface area contributed by atoms with Gasteiger partial charge in [-0.3, -0.25) is 0 Å². The first-order valence-electron chi connectivity index (χ1n) is 3.57. The molecule has 0 bridgehead atoms. The minimum Gasteiger partial charge on any atom is -0.398 e. The highest BCUT2D eigenvalue weighted by atomic mass is 15.2. The van der Waals surface area contributed by atoms with Crippen LogP contribution in [0.1, 0.15) is 6.42 Å². The van der Waals surface area contributed by atoms with Crippen LogP contribution in [0.4, 0.5) is 0 Å². The summed E-state index contributed by atoms with van der Waals surface area (Å²) in [5.41, 5.74) is 6.29. The summed E-state index contributed by atoms with van der Waals surface area (Å²) in [6, 6.07) is 0. The average molecular weight is 151 g/mol. The predicted octanol–water partition coefficient (Wildman–Crippen LogP) is 0.707. The second-order valence-corrected chi connectivity index (χ2v) is 2.65. The summed E-state index contributed by atoms with van der Waals surface area (Å²) in [6.07, 6.45) is 6.52. The average Bonchev–Trinajstić information content (AvgIpc) is 2.13. The van der Waals surface area contributed by atoms with Gasteiger partial charge in [-0.25, -0.2) is 4.99 Å². The molecule has 0 spiro atoms. The van der Waals surface area contributed by atoms with E-state index in [1.807, 2.05) is 31.1 Å². The largest absolute Gasteiger partial charge is 0.398 e. The molecule has 0 unspecified atom stereocenters. The van der Waals surface area contributed by atoms with Crippen LogP contribution >= 0.6 is 0 Å². The van der Waals surface area contributed by atoms with Crippen molar-refractivity contribution in [2.24, 2.45) is 10.7 Å². The van der Waals surface area contributed by atoms with E-state index in [0.29, 0.717) is 0 Å². The maximum atomic E-state index is 5.56. The van der Waals surface area contributed by atoms with Crippen LogP contribution in [0.25, 0.3) is 0 Å². The van der Waals surface area contributed by atoms with Crippen LogP contribution in [0.5, 0.6) is 0 Å². The van der Waals surface area contributed by atoms with Crippen LogP contribution in [-0.2, 0) is 0 Å². The van der Waals surface area contributed by atoms with Crippen LogP contribution in [0, 0.1) is 0 Å². The third kappa shape index (κ3) is 2.11. The standard InChI is InChI=1S/C8H13N3/c1-11(2)8-5-3-4-7(9)6-10-8/h4-6H,3,9H2,1-2H3. The molecule has 3 nitrogen and oxygen atoms in total. The number of hydrogen-bond donors (Lipinski definition) is 1. The van der Waals surface area contributed by atoms with Gasteiger partial charge in [-0.05, 0) is 12.5 Å². The molecule has 0 aromatic rings. The van der Waals surface area contributed by atoms with Gasteiger partial charge in [-0.1, -0.05) is 6.08 Å². The first kappa shape index (κ1) is 7.85. The Morgan fingerprint density at radius 2 is 2.18 bits per heavy atom. The quantitative estimate of drug-likeness (QED) is 0.599. The van der Waals surface area contributed by atoms with Gasteiger partial charge in [0.25, 0.3) is 0 Å². The van der Waals surface area contributed by atoms with E-state index < -0.39 is 0 Å². The van der Waals surface area contributed by atoms with Crippen molar-refractivity contribution < 1.29 is 0 Å². The molecule has 1 heterocycles. The van der Waals surface area contributed by atoms with E-state index in [1.54, 1.807) is 6.21 Å². The molecule has 3 heteroatoms. The molecule has 1 aliphatic rings. The molecule has 0 radical (unpaired) electrons. The molecule has 1 aliphatic heterocycles. The van der Waals surface area contributed by atoms with Gasteiger partial charge in [0.05, 0.1) is 6.21 Å². The van der Waals surface area contributed by atoms with Crippen LogP contribution in [0.2, 0.25) is 0 Å². The smallest absolute Gasteiger partial charge is 0.124 e. The van der Waals surface area contributed by atoms with E-state index in [4.69, 9.17) is 5.73 Å². The Morgan fingerprint density at radius 1 is 1.45 bits per heavy atom. The Balaban J connectivity index is 2.74. The number of hydrogen-bond acceptors (Lipinski definition) is 3. The van der Waals surface area contributed by atoms with Crippen molar-refractivity contribution in [3.63, 3.8) is 0 Å². The Labute approximate surface area is 66.9 Å². The van der Waals surface area contributed by atoms with Gasteiger partial charge in [0, 0.05) is 19.8 Å². The van der Waals surface area contributed by atoms with Crippen LogP contribution in [0.3, 0.4) is 0 Å². The molecule has 2 N–H and O–H groups in total. The summed E-state index contributed by atoms with van der Waals surface area (Å²) in [5, 5.41) is 0. The number of allylic oxidation sites excluding steroid dienone is 3. The zero-order valence-corrected chi connectivity index (χ0v) is 6.91. The fourth-order valence-electron chi connectivity index (χ4n) is 0.845. The molecule has 1 rings (SSSR count). The minimum atomic E-state index is 0.734. The lowest BCUT2D eigenvalue weighted by atomic mass is 10.3. The Hall–Kier alpha value is -1.25. The monoisotopic (exact) mass is 151 g/mol. The molecule has 0 aromatic heterocycles. The molecule has 0 aromatic carbocycles. The fraction of sp³-hybridized carbons (Fsp3) is 0.375. The lowest BCUT2D eigenvalue weighted by Gasteiger charge is -2.10. The van der Waals surface area contributed by atoms with E-state index in [2.05, 4.69) is 4.99 Å². The first-order valence-corrected chi connectivity index (χ1v) is 3.57. The van der Waals surface area contributed by atoms with Crippen molar-refractivity contribution in [1.29, 1.82) is 0 Å². The van der Waals surface area contributed by atoms with Crippen molar-refractivity contribution in [3.05, 3.63) is 23.7 Å². The summed E-state index contributed by atoms with van der Waals surface area (Å²) >= 11 is 0. The Kier molecular flexibility index (Phi) is 2.31. The maximum Gasteiger partial charge on any atom is 0.124 e. The van der Waals surface area contributed by atoms with E-state index in [1.165, 1.54) is 0 Å². The van der Waals surface area contributed by atoms with E-state index in [-0.39, 0.29) is 0 Å². The van der Waals surface area contributed by atoms with Gasteiger partial charge < -0.3 is 10.6 Å². The van der Waals surface area contributed by atoms with Gasteiger partial charge in [-0.15, -0.1) is 0 Å². The normalized spacial score (nSPS) is 16.9. The van der Waals surface area contributed by atoms with Crippen LogP contribution in [0.15, 0.2) is 28.7 Å². The first-order chi connectivity index (χ1) is 5.20. The minimum absolute atomic E-state index is 0.734. The highest BCUT2D eigenvalue weighted by Gasteiger charge is 1.97. The molecule has 0 saturated heterocycles. The summed E-state index contributed by atoms with van der Waals surface area (Å²) in [4.78, 5) is 6.13. The Morgan fingerprint density at radius 3 is 2.82 bits per heavy atom. The van der Waals surface area contributed by atoms with Crippen molar-refractivity contribution >= 4 is 6.21 Å². The maximum absolute atomic E-state index is 5.56. The summed E-state index contributed by atoms with van der Waals surface area (Å²) < 4.78 is 0. The number of nitrogens with two attached hydrogens (primary N) is 1. The summed E-state index contributed by atoms with van der Waals surface area (Å²) in [7, 11) is 3.93. The topological polar surface area (TPSA) is 41.6 Å². The molecule has 60 valence electrons. The number of nitrogens with zero attached hydrogens (tertiary/aromatic N) is 2. The second kappa shape index (κ2) is 3.23. The lowest BCUT2D eigenvalue weighted by molar-refractivity contribution is 0.505. The highest BCUT2D eigenvalue weighted by Crippen LogP contribution is 2.06. The third-order valence-corrected chi connectivity index (χ3v) is 1.46. The van der Waals surface area contributed by atoms with E-state index in [0.717, 1.165) is 17.9 Å². The van der Waals surface area contributed by atoms with Crippen molar-refractivity contribution in [2.45, 2.75) is 6.42 Å². The fourth-order valence-corrected chi connectivity index (χ4v) is 0.845. The number of aliphatic imine (C=N–C) groups is 1. The molecule has 0 saturated carbocycles. The van der Waals surface area contributed by atoms with Gasteiger partial charge in [-0.2, -0.15) is 0 Å². The summed E-state index contributed by atoms with van der Waals surface area (Å²) in [6.45, 7) is 0. The third-order valence-electron chi connectivity index (χ3n) is 1.46. The molecule has 11 heavy (non-hydrogen) atoms. The lowest BCUT2D eigenvalue weighted by Crippen LogP contribution is -2.09.